The lowest BCUT2D eigenvalue weighted by molar-refractivity contribution is -0.120. The second kappa shape index (κ2) is 9.03. The number of carbonyl (C=O) groups is 2. The van der Waals surface area contributed by atoms with E-state index >= 15 is 0 Å². The van der Waals surface area contributed by atoms with Gasteiger partial charge in [-0.3, -0.25) is 9.59 Å². The van der Waals surface area contributed by atoms with Crippen molar-refractivity contribution < 1.29 is 18.0 Å². The molecule has 0 aromatic heterocycles. The SMILES string of the molecule is C#CCNC(=O)CCNC(=O)c1cc(S(=O)(=O)N2CCCC2)ccc1Cl. The van der Waals surface area contributed by atoms with Crippen molar-refractivity contribution in [2.24, 2.45) is 0 Å². The molecule has 1 aliphatic heterocycles. The molecule has 26 heavy (non-hydrogen) atoms. The smallest absolute Gasteiger partial charge is 0.252 e. The van der Waals surface area contributed by atoms with Gasteiger partial charge in [0, 0.05) is 26.1 Å². The Kier molecular flexibility index (Phi) is 7.03. The Morgan fingerprint density at radius 1 is 1.23 bits per heavy atom. The number of terminal acetylenes is 1. The van der Waals surface area contributed by atoms with Crippen molar-refractivity contribution in [2.75, 3.05) is 26.2 Å². The molecule has 0 bridgehead atoms. The lowest BCUT2D eigenvalue weighted by Crippen LogP contribution is -2.31. The molecule has 140 valence electrons. The van der Waals surface area contributed by atoms with Gasteiger partial charge in [-0.2, -0.15) is 4.31 Å². The van der Waals surface area contributed by atoms with Gasteiger partial charge in [0.2, 0.25) is 15.9 Å². The van der Waals surface area contributed by atoms with Crippen LogP contribution in [-0.2, 0) is 14.8 Å². The van der Waals surface area contributed by atoms with E-state index in [-0.39, 0.29) is 40.9 Å². The molecule has 1 aliphatic rings. The first-order valence-corrected chi connectivity index (χ1v) is 9.96. The Morgan fingerprint density at radius 2 is 1.92 bits per heavy atom. The third-order valence-corrected chi connectivity index (χ3v) is 6.13. The first-order valence-electron chi connectivity index (χ1n) is 8.14. The second-order valence-electron chi connectivity index (χ2n) is 5.74. The van der Waals surface area contributed by atoms with Crippen LogP contribution in [0.5, 0.6) is 0 Å². The van der Waals surface area contributed by atoms with E-state index in [1.165, 1.54) is 22.5 Å². The molecule has 1 saturated heterocycles. The van der Waals surface area contributed by atoms with Crippen LogP contribution in [0.4, 0.5) is 0 Å². The van der Waals surface area contributed by atoms with Crippen LogP contribution in [0.25, 0.3) is 0 Å². The van der Waals surface area contributed by atoms with Gasteiger partial charge in [0.25, 0.3) is 5.91 Å². The number of benzene rings is 1. The average molecular weight is 398 g/mol. The minimum absolute atomic E-state index is 0.0284. The summed E-state index contributed by atoms with van der Waals surface area (Å²) in [5.74, 6) is 1.44. The molecular formula is C17H20ClN3O4S. The molecule has 0 atom stereocenters. The van der Waals surface area contributed by atoms with Crippen LogP contribution in [-0.4, -0.2) is 50.7 Å². The third kappa shape index (κ3) is 4.97. The number of rotatable bonds is 7. The van der Waals surface area contributed by atoms with Crippen LogP contribution in [0.15, 0.2) is 23.1 Å². The molecule has 2 amide bonds. The molecule has 1 aromatic carbocycles. The second-order valence-corrected chi connectivity index (χ2v) is 8.08. The fraction of sp³-hybridized carbons (Fsp3) is 0.412. The van der Waals surface area contributed by atoms with E-state index < -0.39 is 15.9 Å². The quantitative estimate of drug-likeness (QED) is 0.671. The standard InChI is InChI=1S/C17H20ClN3O4S/c1-2-8-19-16(22)7-9-20-17(23)14-12-13(5-6-15(14)18)26(24,25)21-10-3-4-11-21/h1,5-6,12H,3-4,7-11H2,(H,19,22)(H,20,23). The topological polar surface area (TPSA) is 95.6 Å². The molecule has 9 heteroatoms. The van der Waals surface area contributed by atoms with Crippen molar-refractivity contribution in [1.29, 1.82) is 0 Å². The summed E-state index contributed by atoms with van der Waals surface area (Å²) in [6.07, 6.45) is 6.73. The predicted molar refractivity (Wildman–Crippen MR) is 98.2 cm³/mol. The zero-order valence-electron chi connectivity index (χ0n) is 14.1. The van der Waals surface area contributed by atoms with Crippen LogP contribution >= 0.6 is 11.6 Å². The minimum Gasteiger partial charge on any atom is -0.351 e. The fourth-order valence-corrected chi connectivity index (χ4v) is 4.29. The van der Waals surface area contributed by atoms with Crippen molar-refractivity contribution in [3.8, 4) is 12.3 Å². The van der Waals surface area contributed by atoms with Crippen molar-refractivity contribution in [2.45, 2.75) is 24.2 Å². The number of hydrogen-bond donors (Lipinski definition) is 2. The normalized spacial score (nSPS) is 14.6. The average Bonchev–Trinajstić information content (AvgIpc) is 3.15. The molecular weight excluding hydrogens is 378 g/mol. The monoisotopic (exact) mass is 397 g/mol. The Labute approximate surface area is 158 Å². The maximum atomic E-state index is 12.6. The predicted octanol–water partition coefficient (Wildman–Crippen LogP) is 0.994. The summed E-state index contributed by atoms with van der Waals surface area (Å²) in [6.45, 7) is 1.14. The van der Waals surface area contributed by atoms with Gasteiger partial charge >= 0.3 is 0 Å². The van der Waals surface area contributed by atoms with Crippen LogP contribution in [0.1, 0.15) is 29.6 Å². The number of carbonyl (C=O) groups excluding carboxylic acids is 2. The van der Waals surface area contributed by atoms with Gasteiger partial charge in [-0.1, -0.05) is 17.5 Å². The Hall–Kier alpha value is -2.08. The molecule has 0 aliphatic carbocycles. The molecule has 0 spiro atoms. The number of amides is 2. The summed E-state index contributed by atoms with van der Waals surface area (Å²) in [5, 5.41) is 5.17. The van der Waals surface area contributed by atoms with Gasteiger partial charge in [0.05, 0.1) is 22.0 Å². The summed E-state index contributed by atoms with van der Waals surface area (Å²) in [5.41, 5.74) is 0.0518. The largest absolute Gasteiger partial charge is 0.351 e. The summed E-state index contributed by atoms with van der Waals surface area (Å²) in [7, 11) is -3.64. The first kappa shape index (κ1) is 20.2. The summed E-state index contributed by atoms with van der Waals surface area (Å²) in [4.78, 5) is 23.8. The maximum Gasteiger partial charge on any atom is 0.252 e. The maximum absolute atomic E-state index is 12.6. The van der Waals surface area contributed by atoms with Gasteiger partial charge < -0.3 is 10.6 Å². The summed E-state index contributed by atoms with van der Waals surface area (Å²) in [6, 6.07) is 4.04. The van der Waals surface area contributed by atoms with Crippen LogP contribution < -0.4 is 10.6 Å². The Balaban J connectivity index is 2.06. The highest BCUT2D eigenvalue weighted by Gasteiger charge is 2.28. The number of nitrogens with one attached hydrogen (secondary N) is 2. The minimum atomic E-state index is -3.64. The van der Waals surface area contributed by atoms with E-state index in [1.54, 1.807) is 0 Å². The molecule has 2 rings (SSSR count). The summed E-state index contributed by atoms with van der Waals surface area (Å²) < 4.78 is 26.6. The van der Waals surface area contributed by atoms with E-state index in [0.717, 1.165) is 12.8 Å². The third-order valence-electron chi connectivity index (χ3n) is 3.91. The summed E-state index contributed by atoms with van der Waals surface area (Å²) >= 11 is 6.04. The number of sulfonamides is 1. The van der Waals surface area contributed by atoms with Crippen molar-refractivity contribution in [3.05, 3.63) is 28.8 Å². The molecule has 1 aromatic rings. The molecule has 0 saturated carbocycles. The van der Waals surface area contributed by atoms with Gasteiger partial charge in [-0.25, -0.2) is 8.42 Å². The van der Waals surface area contributed by atoms with E-state index in [1.807, 2.05) is 0 Å². The van der Waals surface area contributed by atoms with Crippen LogP contribution in [0.2, 0.25) is 5.02 Å². The lowest BCUT2D eigenvalue weighted by Gasteiger charge is -2.16. The van der Waals surface area contributed by atoms with Gasteiger partial charge in [0.1, 0.15) is 0 Å². The van der Waals surface area contributed by atoms with Crippen LogP contribution in [0.3, 0.4) is 0 Å². The molecule has 1 heterocycles. The Morgan fingerprint density at radius 3 is 2.58 bits per heavy atom. The van der Waals surface area contributed by atoms with E-state index in [9.17, 15) is 18.0 Å². The molecule has 2 N–H and O–H groups in total. The van der Waals surface area contributed by atoms with Crippen molar-refractivity contribution in [1.82, 2.24) is 14.9 Å². The van der Waals surface area contributed by atoms with E-state index in [0.29, 0.717) is 13.1 Å². The molecule has 0 unspecified atom stereocenters. The number of nitrogens with zero attached hydrogens (tertiary/aromatic N) is 1. The van der Waals surface area contributed by atoms with E-state index in [2.05, 4.69) is 16.6 Å². The van der Waals surface area contributed by atoms with Crippen molar-refractivity contribution in [3.63, 3.8) is 0 Å². The van der Waals surface area contributed by atoms with Crippen LogP contribution in [0, 0.1) is 12.3 Å². The molecule has 7 nitrogen and oxygen atoms in total. The Bertz CT molecular complexity index is 827. The molecule has 0 radical (unpaired) electrons. The molecule has 1 fully saturated rings. The van der Waals surface area contributed by atoms with Gasteiger partial charge in [0.15, 0.2) is 0 Å². The highest BCUT2D eigenvalue weighted by Crippen LogP contribution is 2.25. The highest BCUT2D eigenvalue weighted by atomic mass is 35.5. The zero-order valence-corrected chi connectivity index (χ0v) is 15.7. The van der Waals surface area contributed by atoms with Gasteiger partial charge in [-0.15, -0.1) is 6.42 Å². The first-order chi connectivity index (χ1) is 12.4. The highest BCUT2D eigenvalue weighted by molar-refractivity contribution is 7.89. The van der Waals surface area contributed by atoms with Gasteiger partial charge in [-0.05, 0) is 31.0 Å². The van der Waals surface area contributed by atoms with E-state index in [4.69, 9.17) is 18.0 Å². The lowest BCUT2D eigenvalue weighted by atomic mass is 10.2. The number of hydrogen-bond acceptors (Lipinski definition) is 4. The zero-order chi connectivity index (χ0) is 19.2. The van der Waals surface area contributed by atoms with Crippen molar-refractivity contribution >= 4 is 33.4 Å². The fourth-order valence-electron chi connectivity index (χ4n) is 2.54. The number of halogens is 1.